The maximum absolute atomic E-state index is 13.8. The summed E-state index contributed by atoms with van der Waals surface area (Å²) in [5, 5.41) is 14.7. The first-order chi connectivity index (χ1) is 19.5. The van der Waals surface area contributed by atoms with Crippen molar-refractivity contribution < 1.29 is 51.4 Å². The molecule has 0 aliphatic carbocycles. The zero-order valence-corrected chi connectivity index (χ0v) is 24.2. The number of amides is 3. The summed E-state index contributed by atoms with van der Waals surface area (Å²) in [5.74, 6) is -16.7. The number of ether oxygens (including phenoxy) is 1. The van der Waals surface area contributed by atoms with Crippen LogP contribution in [0.1, 0.15) is 20.3 Å². The van der Waals surface area contributed by atoms with E-state index in [2.05, 4.69) is 15.4 Å². The highest BCUT2D eigenvalue weighted by Crippen LogP contribution is 2.41. The van der Waals surface area contributed by atoms with Crippen LogP contribution in [0.25, 0.3) is 0 Å². The fraction of sp³-hybridized carbons (Fsp3) is 0.292. The highest BCUT2D eigenvalue weighted by atomic mass is 35.5. The van der Waals surface area contributed by atoms with Crippen molar-refractivity contribution in [2.75, 3.05) is 11.9 Å². The zero-order chi connectivity index (χ0) is 32.0. The molecule has 10 nitrogen and oxygen atoms in total. The number of Topliss-reactive ketones (excluding diaryl/α,β-unsaturated/α-hetero) is 1. The van der Waals surface area contributed by atoms with Crippen LogP contribution in [0, 0.1) is 29.2 Å². The third-order valence-corrected chi connectivity index (χ3v) is 6.88. The molecular formula is C24H19Cl4F4N3O7. The lowest BCUT2D eigenvalue weighted by Gasteiger charge is -2.24. The van der Waals surface area contributed by atoms with E-state index in [0.717, 1.165) is 0 Å². The first kappa shape index (κ1) is 34.9. The number of benzene rings is 2. The van der Waals surface area contributed by atoms with Gasteiger partial charge in [0.1, 0.15) is 18.7 Å². The number of rotatable bonds is 11. The number of carboxylic acid groups (broad SMARTS) is 1. The molecule has 0 heterocycles. The van der Waals surface area contributed by atoms with Crippen LogP contribution in [-0.2, 0) is 24.0 Å². The van der Waals surface area contributed by atoms with Gasteiger partial charge in [-0.2, -0.15) is 8.78 Å². The van der Waals surface area contributed by atoms with Crippen LogP contribution in [0.2, 0.25) is 20.1 Å². The molecule has 0 saturated carbocycles. The average Bonchev–Trinajstić information content (AvgIpc) is 2.90. The number of carbonyl (C=O) groups is 5. The quantitative estimate of drug-likeness (QED) is 0.155. The highest BCUT2D eigenvalue weighted by molar-refractivity contribution is 6.51. The molecule has 0 unspecified atom stereocenters. The summed E-state index contributed by atoms with van der Waals surface area (Å²) in [6, 6.07) is -2.36. The molecule has 2 atom stereocenters. The van der Waals surface area contributed by atoms with Gasteiger partial charge >= 0.3 is 17.8 Å². The Kier molecular flexibility index (Phi) is 12.2. The van der Waals surface area contributed by atoms with Crippen LogP contribution in [0.3, 0.4) is 0 Å². The molecule has 42 heavy (non-hydrogen) atoms. The molecule has 0 aliphatic heterocycles. The van der Waals surface area contributed by atoms with E-state index < -0.39 is 89.5 Å². The van der Waals surface area contributed by atoms with E-state index in [1.54, 1.807) is 0 Å². The average molecular weight is 679 g/mol. The molecule has 3 amide bonds. The Morgan fingerprint density at radius 2 is 1.38 bits per heavy atom. The van der Waals surface area contributed by atoms with Gasteiger partial charge in [0, 0.05) is 6.07 Å². The van der Waals surface area contributed by atoms with Crippen molar-refractivity contribution in [1.29, 1.82) is 0 Å². The normalized spacial score (nSPS) is 12.4. The smallest absolute Gasteiger partial charge is 0.313 e. The fourth-order valence-corrected chi connectivity index (χ4v) is 4.10. The molecule has 4 N–H and O–H groups in total. The Hall–Kier alpha value is -3.33. The van der Waals surface area contributed by atoms with Gasteiger partial charge in [-0.1, -0.05) is 60.3 Å². The minimum Gasteiger partial charge on any atom is -0.481 e. The van der Waals surface area contributed by atoms with Gasteiger partial charge in [0.05, 0.1) is 32.2 Å². The number of aliphatic carboxylic acids is 1. The van der Waals surface area contributed by atoms with E-state index in [1.165, 1.54) is 19.9 Å². The van der Waals surface area contributed by atoms with Crippen LogP contribution in [0.15, 0.2) is 12.1 Å². The van der Waals surface area contributed by atoms with Gasteiger partial charge in [0.15, 0.2) is 23.2 Å². The Labute approximate surface area is 254 Å². The minimum absolute atomic E-state index is 0.0965. The van der Waals surface area contributed by atoms with E-state index in [-0.39, 0.29) is 31.8 Å². The largest absolute Gasteiger partial charge is 0.481 e. The van der Waals surface area contributed by atoms with Crippen molar-refractivity contribution in [3.05, 3.63) is 55.5 Å². The molecule has 2 rings (SSSR count). The molecule has 0 aromatic heterocycles. The number of carboxylic acids is 1. The van der Waals surface area contributed by atoms with E-state index >= 15 is 0 Å². The molecule has 0 aliphatic rings. The van der Waals surface area contributed by atoms with Crippen molar-refractivity contribution in [2.24, 2.45) is 5.92 Å². The summed E-state index contributed by atoms with van der Waals surface area (Å²) in [6.07, 6.45) is -1.07. The van der Waals surface area contributed by atoms with Crippen molar-refractivity contribution in [2.45, 2.75) is 32.4 Å². The summed E-state index contributed by atoms with van der Waals surface area (Å²) < 4.78 is 59.0. The second-order valence-corrected chi connectivity index (χ2v) is 10.3. The maximum Gasteiger partial charge on any atom is 0.313 e. The second kappa shape index (κ2) is 14.7. The fourth-order valence-electron chi connectivity index (χ4n) is 3.20. The van der Waals surface area contributed by atoms with Gasteiger partial charge in [0.2, 0.25) is 17.5 Å². The minimum atomic E-state index is -1.95. The summed E-state index contributed by atoms with van der Waals surface area (Å²) in [6.45, 7) is 1.53. The van der Waals surface area contributed by atoms with Gasteiger partial charge in [0.25, 0.3) is 0 Å². The first-order valence-corrected chi connectivity index (χ1v) is 12.9. The molecule has 0 saturated heterocycles. The van der Waals surface area contributed by atoms with Gasteiger partial charge in [-0.05, 0) is 12.0 Å². The van der Waals surface area contributed by atoms with Crippen molar-refractivity contribution >= 4 is 81.6 Å². The second-order valence-electron chi connectivity index (χ2n) is 8.70. The first-order valence-electron chi connectivity index (χ1n) is 11.4. The molecule has 0 bridgehead atoms. The lowest BCUT2D eigenvalue weighted by atomic mass is 10.0. The predicted octanol–water partition coefficient (Wildman–Crippen LogP) is 4.54. The van der Waals surface area contributed by atoms with Crippen LogP contribution in [0.5, 0.6) is 5.75 Å². The third kappa shape index (κ3) is 8.60. The summed E-state index contributed by atoms with van der Waals surface area (Å²) in [7, 11) is 0. The lowest BCUT2D eigenvalue weighted by Crippen LogP contribution is -2.56. The molecule has 0 spiro atoms. The van der Waals surface area contributed by atoms with E-state index in [9.17, 15) is 41.5 Å². The van der Waals surface area contributed by atoms with Crippen molar-refractivity contribution in [1.82, 2.24) is 10.6 Å². The predicted molar refractivity (Wildman–Crippen MR) is 143 cm³/mol. The molecule has 2 aromatic carbocycles. The topological polar surface area (TPSA) is 151 Å². The Morgan fingerprint density at radius 1 is 0.857 bits per heavy atom. The monoisotopic (exact) mass is 677 g/mol. The number of halogens is 8. The van der Waals surface area contributed by atoms with Crippen LogP contribution in [0.4, 0.5) is 23.2 Å². The van der Waals surface area contributed by atoms with E-state index in [1.807, 2.05) is 5.32 Å². The van der Waals surface area contributed by atoms with Gasteiger partial charge in [-0.25, -0.2) is 8.78 Å². The third-order valence-electron chi connectivity index (χ3n) is 5.31. The molecule has 0 radical (unpaired) electrons. The van der Waals surface area contributed by atoms with Gasteiger partial charge in [-0.15, -0.1) is 0 Å². The number of nitrogens with one attached hydrogen (secondary N) is 3. The highest BCUT2D eigenvalue weighted by Gasteiger charge is 2.32. The number of carbonyl (C=O) groups excluding carboxylic acids is 4. The zero-order valence-electron chi connectivity index (χ0n) is 21.2. The van der Waals surface area contributed by atoms with Gasteiger partial charge in [-0.3, -0.25) is 24.0 Å². The van der Waals surface area contributed by atoms with Crippen LogP contribution < -0.4 is 20.7 Å². The molecule has 0 fully saturated rings. The van der Waals surface area contributed by atoms with E-state index in [0.29, 0.717) is 0 Å². The SMILES string of the molecule is CC(C)[C@H](NC(=O)C(=O)Nc1c(Cl)c(Cl)cc(Cl)c1Cl)C(=O)N[C@@H](CC(=O)O)C(=O)COc1c(F)c(F)cc(F)c1F. The molecule has 2 aromatic rings. The number of hydrogen-bond donors (Lipinski definition) is 4. The van der Waals surface area contributed by atoms with Gasteiger partial charge < -0.3 is 25.8 Å². The molecule has 228 valence electrons. The van der Waals surface area contributed by atoms with Crippen molar-refractivity contribution in [3.63, 3.8) is 0 Å². The summed E-state index contributed by atoms with van der Waals surface area (Å²) in [5.41, 5.74) is -0.306. The molecule has 18 heteroatoms. The Balaban J connectivity index is 2.18. The number of hydrogen-bond acceptors (Lipinski definition) is 6. The van der Waals surface area contributed by atoms with Crippen LogP contribution >= 0.6 is 46.4 Å². The van der Waals surface area contributed by atoms with Crippen molar-refractivity contribution in [3.8, 4) is 5.75 Å². The number of anilines is 1. The number of ketones is 1. The Morgan fingerprint density at radius 3 is 1.86 bits per heavy atom. The van der Waals surface area contributed by atoms with Crippen LogP contribution in [-0.4, -0.2) is 53.3 Å². The Bertz CT molecular complexity index is 1390. The maximum atomic E-state index is 13.8. The lowest BCUT2D eigenvalue weighted by molar-refractivity contribution is -0.141. The summed E-state index contributed by atoms with van der Waals surface area (Å²) >= 11 is 23.8. The molecular weight excluding hydrogens is 660 g/mol. The van der Waals surface area contributed by atoms with E-state index in [4.69, 9.17) is 51.5 Å². The standard InChI is InChI=1S/C24H19Cl4F4N3O7/c1-7(2)19(34-23(40)24(41)35-20-15(27)8(25)3-9(26)16(20)28)22(39)33-12(5-14(37)38)13(36)6-42-21-17(31)10(29)4-11(30)18(21)32/h3-4,7,12,19H,5-6H2,1-2H3,(H,33,39)(H,34,40)(H,35,41)(H,37,38)/t12-,19-/m0/s1. The summed E-state index contributed by atoms with van der Waals surface area (Å²) in [4.78, 5) is 61.9.